The molecule has 0 aromatic carbocycles. The van der Waals surface area contributed by atoms with E-state index in [9.17, 15) is 0 Å². The van der Waals surface area contributed by atoms with Crippen molar-refractivity contribution >= 4 is 17.7 Å². The van der Waals surface area contributed by atoms with Gasteiger partial charge < -0.3 is 15.4 Å². The Labute approximate surface area is 125 Å². The lowest BCUT2D eigenvalue weighted by molar-refractivity contribution is -0.0120. The number of nitrogens with zero attached hydrogens (tertiary/aromatic N) is 2. The monoisotopic (exact) mass is 296 g/mol. The summed E-state index contributed by atoms with van der Waals surface area (Å²) in [4.78, 5) is 6.79. The molecule has 2 aliphatic heterocycles. The van der Waals surface area contributed by atoms with Crippen LogP contribution >= 0.6 is 11.8 Å². The van der Waals surface area contributed by atoms with Crippen molar-refractivity contribution in [3.05, 3.63) is 0 Å². The molecule has 0 saturated carbocycles. The lowest BCUT2D eigenvalue weighted by atomic mass is 9.95. The predicted octanol–water partition coefficient (Wildman–Crippen LogP) is -0.00750. The summed E-state index contributed by atoms with van der Waals surface area (Å²) in [5.41, 5.74) is 0.224. The molecule has 6 heteroatoms. The maximum absolute atomic E-state index is 5.48. The SMILES string of the molecule is C#CCNC(=NC)NCC1(N2CCOCC2)CCSC1. The molecule has 1 atom stereocenters. The summed E-state index contributed by atoms with van der Waals surface area (Å²) in [6, 6.07) is 0. The molecule has 112 valence electrons. The van der Waals surface area contributed by atoms with Gasteiger partial charge in [-0.05, 0) is 12.2 Å². The highest BCUT2D eigenvalue weighted by molar-refractivity contribution is 7.99. The summed E-state index contributed by atoms with van der Waals surface area (Å²) in [6.07, 6.45) is 6.49. The van der Waals surface area contributed by atoms with Crippen LogP contribution in [0.3, 0.4) is 0 Å². The van der Waals surface area contributed by atoms with E-state index in [1.165, 1.54) is 17.9 Å². The number of ether oxygens (including phenoxy) is 1. The zero-order chi connectivity index (χ0) is 14.3. The number of terminal acetylenes is 1. The van der Waals surface area contributed by atoms with Crippen molar-refractivity contribution in [2.75, 3.05) is 57.9 Å². The van der Waals surface area contributed by atoms with Crippen LogP contribution in [0.15, 0.2) is 4.99 Å². The van der Waals surface area contributed by atoms with Gasteiger partial charge in [-0.2, -0.15) is 11.8 Å². The van der Waals surface area contributed by atoms with Gasteiger partial charge in [0, 0.05) is 38.0 Å². The van der Waals surface area contributed by atoms with Crippen LogP contribution in [0.5, 0.6) is 0 Å². The Balaban J connectivity index is 1.93. The fourth-order valence-electron chi connectivity index (χ4n) is 2.74. The molecule has 2 aliphatic rings. The minimum atomic E-state index is 0.224. The molecule has 0 aromatic rings. The van der Waals surface area contributed by atoms with Gasteiger partial charge in [0.25, 0.3) is 0 Å². The van der Waals surface area contributed by atoms with Crippen LogP contribution in [0.25, 0.3) is 0 Å². The van der Waals surface area contributed by atoms with E-state index in [0.717, 1.165) is 38.8 Å². The fourth-order valence-corrected chi connectivity index (χ4v) is 4.22. The van der Waals surface area contributed by atoms with E-state index in [1.807, 2.05) is 11.8 Å². The van der Waals surface area contributed by atoms with Gasteiger partial charge in [-0.25, -0.2) is 0 Å². The first-order valence-corrected chi connectivity index (χ1v) is 8.25. The first kappa shape index (κ1) is 15.5. The van der Waals surface area contributed by atoms with E-state index in [4.69, 9.17) is 11.2 Å². The molecule has 0 aromatic heterocycles. The molecule has 2 fully saturated rings. The number of nitrogens with one attached hydrogen (secondary N) is 2. The second kappa shape index (κ2) is 7.77. The third kappa shape index (κ3) is 3.81. The highest BCUT2D eigenvalue weighted by Gasteiger charge is 2.40. The highest BCUT2D eigenvalue weighted by Crippen LogP contribution is 2.33. The Bertz CT molecular complexity index is 368. The zero-order valence-corrected chi connectivity index (χ0v) is 13.0. The number of guanidine groups is 1. The van der Waals surface area contributed by atoms with Gasteiger partial charge in [-0.15, -0.1) is 6.42 Å². The number of thioether (sulfide) groups is 1. The second-order valence-corrected chi connectivity index (χ2v) is 6.21. The van der Waals surface area contributed by atoms with Gasteiger partial charge in [0.1, 0.15) is 0 Å². The van der Waals surface area contributed by atoms with E-state index >= 15 is 0 Å². The molecular formula is C14H24N4OS. The van der Waals surface area contributed by atoms with Gasteiger partial charge >= 0.3 is 0 Å². The number of aliphatic imine (C=N–C) groups is 1. The smallest absolute Gasteiger partial charge is 0.191 e. The van der Waals surface area contributed by atoms with Crippen molar-refractivity contribution in [2.45, 2.75) is 12.0 Å². The van der Waals surface area contributed by atoms with Gasteiger partial charge in [-0.1, -0.05) is 5.92 Å². The van der Waals surface area contributed by atoms with Crippen LogP contribution in [0, 0.1) is 12.3 Å². The maximum atomic E-state index is 5.48. The Morgan fingerprint density at radius 1 is 1.45 bits per heavy atom. The molecule has 0 spiro atoms. The Hall–Kier alpha value is -0.900. The number of morpholine rings is 1. The maximum Gasteiger partial charge on any atom is 0.191 e. The summed E-state index contributed by atoms with van der Waals surface area (Å²) in [5.74, 6) is 5.76. The van der Waals surface area contributed by atoms with E-state index in [0.29, 0.717) is 6.54 Å². The van der Waals surface area contributed by atoms with Crippen molar-refractivity contribution in [2.24, 2.45) is 4.99 Å². The van der Waals surface area contributed by atoms with Crippen molar-refractivity contribution in [3.63, 3.8) is 0 Å². The summed E-state index contributed by atoms with van der Waals surface area (Å²) in [6.45, 7) is 5.15. The van der Waals surface area contributed by atoms with Crippen molar-refractivity contribution < 1.29 is 4.74 Å². The molecule has 5 nitrogen and oxygen atoms in total. The van der Waals surface area contributed by atoms with Gasteiger partial charge in [0.2, 0.25) is 0 Å². The van der Waals surface area contributed by atoms with E-state index in [-0.39, 0.29) is 5.54 Å². The van der Waals surface area contributed by atoms with Gasteiger partial charge in [0.05, 0.1) is 19.8 Å². The van der Waals surface area contributed by atoms with Crippen LogP contribution in [0.4, 0.5) is 0 Å². The quantitative estimate of drug-likeness (QED) is 0.434. The van der Waals surface area contributed by atoms with Crippen LogP contribution in [-0.2, 0) is 4.74 Å². The van der Waals surface area contributed by atoms with Crippen molar-refractivity contribution in [3.8, 4) is 12.3 Å². The second-order valence-electron chi connectivity index (χ2n) is 5.11. The summed E-state index contributed by atoms with van der Waals surface area (Å²) < 4.78 is 5.48. The molecular weight excluding hydrogens is 272 g/mol. The fraction of sp³-hybridized carbons (Fsp3) is 0.786. The Morgan fingerprint density at radius 3 is 2.85 bits per heavy atom. The minimum Gasteiger partial charge on any atom is -0.379 e. The van der Waals surface area contributed by atoms with E-state index in [2.05, 4.69) is 26.4 Å². The summed E-state index contributed by atoms with van der Waals surface area (Å²) in [5, 5.41) is 6.55. The molecule has 2 rings (SSSR count). The van der Waals surface area contributed by atoms with Crippen molar-refractivity contribution in [1.29, 1.82) is 0 Å². The molecule has 0 radical (unpaired) electrons. The summed E-state index contributed by atoms with van der Waals surface area (Å²) >= 11 is 2.04. The predicted molar refractivity (Wildman–Crippen MR) is 85.3 cm³/mol. The average molecular weight is 296 g/mol. The lowest BCUT2D eigenvalue weighted by Gasteiger charge is -2.43. The van der Waals surface area contributed by atoms with Crippen LogP contribution in [0.1, 0.15) is 6.42 Å². The third-order valence-corrected chi connectivity index (χ3v) is 5.17. The highest BCUT2D eigenvalue weighted by atomic mass is 32.2. The van der Waals surface area contributed by atoms with Gasteiger partial charge in [0.15, 0.2) is 5.96 Å². The zero-order valence-electron chi connectivity index (χ0n) is 12.2. The van der Waals surface area contributed by atoms with E-state index < -0.39 is 0 Å². The Kier molecular flexibility index (Phi) is 6.02. The molecule has 0 bridgehead atoms. The average Bonchev–Trinajstić information content (AvgIpc) is 2.98. The first-order chi connectivity index (χ1) is 9.80. The molecule has 2 saturated heterocycles. The van der Waals surface area contributed by atoms with Gasteiger partial charge in [-0.3, -0.25) is 9.89 Å². The molecule has 20 heavy (non-hydrogen) atoms. The lowest BCUT2D eigenvalue weighted by Crippen LogP contribution is -2.60. The number of rotatable bonds is 4. The van der Waals surface area contributed by atoms with Crippen LogP contribution < -0.4 is 10.6 Å². The summed E-state index contributed by atoms with van der Waals surface area (Å²) in [7, 11) is 1.77. The largest absolute Gasteiger partial charge is 0.379 e. The number of hydrogen-bond acceptors (Lipinski definition) is 4. The van der Waals surface area contributed by atoms with E-state index in [1.54, 1.807) is 7.05 Å². The van der Waals surface area contributed by atoms with Crippen molar-refractivity contribution in [1.82, 2.24) is 15.5 Å². The number of hydrogen-bond donors (Lipinski definition) is 2. The molecule has 2 heterocycles. The molecule has 0 amide bonds. The minimum absolute atomic E-state index is 0.224. The van der Waals surface area contributed by atoms with Crippen LogP contribution in [0.2, 0.25) is 0 Å². The topological polar surface area (TPSA) is 48.9 Å². The molecule has 0 aliphatic carbocycles. The molecule has 1 unspecified atom stereocenters. The van der Waals surface area contributed by atoms with Crippen LogP contribution in [-0.4, -0.2) is 74.3 Å². The molecule has 2 N–H and O–H groups in total. The third-order valence-electron chi connectivity index (χ3n) is 3.93. The Morgan fingerprint density at radius 2 is 2.25 bits per heavy atom. The normalized spacial score (nSPS) is 28.1. The first-order valence-electron chi connectivity index (χ1n) is 7.09. The standard InChI is InChI=1S/C14H24N4OS/c1-3-5-16-13(15-2)17-11-14(4-10-20-12-14)18-6-8-19-9-7-18/h1H,4-12H2,2H3,(H2,15,16,17).